The van der Waals surface area contributed by atoms with Crippen LogP contribution in [-0.2, 0) is 15.9 Å². The van der Waals surface area contributed by atoms with Crippen molar-refractivity contribution in [2.75, 3.05) is 34.0 Å². The summed E-state index contributed by atoms with van der Waals surface area (Å²) >= 11 is 0. The van der Waals surface area contributed by atoms with E-state index in [0.717, 1.165) is 25.3 Å². The third kappa shape index (κ3) is 3.69. The van der Waals surface area contributed by atoms with Crippen LogP contribution in [0.2, 0.25) is 0 Å². The third-order valence-corrected chi connectivity index (χ3v) is 3.55. The molecular weight excluding hydrogens is 242 g/mol. The highest BCUT2D eigenvalue weighted by Crippen LogP contribution is 2.28. The van der Waals surface area contributed by atoms with E-state index in [2.05, 4.69) is 30.4 Å². The average molecular weight is 265 g/mol. The van der Waals surface area contributed by atoms with Crippen LogP contribution >= 0.6 is 0 Å². The number of hydrogen-bond donors (Lipinski definition) is 1. The molecule has 1 aromatic rings. The summed E-state index contributed by atoms with van der Waals surface area (Å²) in [5.41, 5.74) is 2.60. The number of methoxy groups -OCH3 is 2. The molecule has 2 unspecified atom stereocenters. The van der Waals surface area contributed by atoms with Gasteiger partial charge < -0.3 is 19.5 Å². The van der Waals surface area contributed by atoms with Crippen molar-refractivity contribution in [1.82, 2.24) is 5.32 Å². The summed E-state index contributed by atoms with van der Waals surface area (Å²) in [6.45, 7) is 4.35. The van der Waals surface area contributed by atoms with Gasteiger partial charge in [-0.1, -0.05) is 12.1 Å². The van der Waals surface area contributed by atoms with Crippen molar-refractivity contribution in [2.45, 2.75) is 25.5 Å². The van der Waals surface area contributed by atoms with Crippen LogP contribution in [0.25, 0.3) is 0 Å². The lowest BCUT2D eigenvalue weighted by Crippen LogP contribution is -2.33. The van der Waals surface area contributed by atoms with Crippen molar-refractivity contribution >= 4 is 0 Å². The maximum atomic E-state index is 5.52. The Labute approximate surface area is 115 Å². The molecule has 106 valence electrons. The van der Waals surface area contributed by atoms with Gasteiger partial charge in [0.1, 0.15) is 5.75 Å². The zero-order valence-electron chi connectivity index (χ0n) is 11.9. The van der Waals surface area contributed by atoms with Crippen LogP contribution in [0.5, 0.6) is 5.75 Å². The van der Waals surface area contributed by atoms with E-state index in [9.17, 15) is 0 Å². The monoisotopic (exact) mass is 265 g/mol. The van der Waals surface area contributed by atoms with Gasteiger partial charge in [0.2, 0.25) is 0 Å². The largest absolute Gasteiger partial charge is 0.493 e. The fourth-order valence-electron chi connectivity index (χ4n) is 2.30. The Kier molecular flexibility index (Phi) is 5.19. The highest BCUT2D eigenvalue weighted by molar-refractivity contribution is 5.40. The Morgan fingerprint density at radius 2 is 2.21 bits per heavy atom. The van der Waals surface area contributed by atoms with Crippen LogP contribution in [-0.4, -0.2) is 40.1 Å². The summed E-state index contributed by atoms with van der Waals surface area (Å²) in [5, 5.41) is 3.48. The molecule has 1 heterocycles. The Morgan fingerprint density at radius 1 is 1.37 bits per heavy atom. The van der Waals surface area contributed by atoms with Gasteiger partial charge in [-0.3, -0.25) is 0 Å². The summed E-state index contributed by atoms with van der Waals surface area (Å²) in [5.74, 6) is 1.03. The van der Waals surface area contributed by atoms with Gasteiger partial charge in [-0.2, -0.15) is 0 Å². The Hall–Kier alpha value is -1.10. The molecule has 0 radical (unpaired) electrons. The highest BCUT2D eigenvalue weighted by atomic mass is 16.5. The second kappa shape index (κ2) is 6.89. The summed E-state index contributed by atoms with van der Waals surface area (Å²) in [7, 11) is 3.40. The van der Waals surface area contributed by atoms with Crippen LogP contribution < -0.4 is 10.1 Å². The van der Waals surface area contributed by atoms with Gasteiger partial charge in [0.25, 0.3) is 0 Å². The van der Waals surface area contributed by atoms with Gasteiger partial charge in [0.05, 0.1) is 19.3 Å². The molecular formula is C15H23NO3. The SMILES string of the molecule is COCC(CNC(C)c1ccc2c(c1)CCO2)OC. The van der Waals surface area contributed by atoms with Gasteiger partial charge >= 0.3 is 0 Å². The molecule has 0 aliphatic carbocycles. The lowest BCUT2D eigenvalue weighted by molar-refractivity contribution is 0.0276. The number of benzene rings is 1. The second-order valence-corrected chi connectivity index (χ2v) is 4.91. The van der Waals surface area contributed by atoms with Gasteiger partial charge in [-0.25, -0.2) is 0 Å². The minimum atomic E-state index is 0.0882. The highest BCUT2D eigenvalue weighted by Gasteiger charge is 2.15. The second-order valence-electron chi connectivity index (χ2n) is 4.91. The van der Waals surface area contributed by atoms with E-state index in [-0.39, 0.29) is 6.10 Å². The zero-order valence-corrected chi connectivity index (χ0v) is 11.9. The Bertz CT molecular complexity index is 408. The van der Waals surface area contributed by atoms with Crippen molar-refractivity contribution in [1.29, 1.82) is 0 Å². The first-order valence-corrected chi connectivity index (χ1v) is 6.75. The number of ether oxygens (including phenoxy) is 3. The van der Waals surface area contributed by atoms with Crippen LogP contribution in [0.4, 0.5) is 0 Å². The van der Waals surface area contributed by atoms with Gasteiger partial charge in [0, 0.05) is 33.2 Å². The van der Waals surface area contributed by atoms with E-state index >= 15 is 0 Å². The molecule has 2 atom stereocenters. The molecule has 1 N–H and O–H groups in total. The molecule has 4 nitrogen and oxygen atoms in total. The van der Waals surface area contributed by atoms with E-state index in [1.165, 1.54) is 11.1 Å². The maximum Gasteiger partial charge on any atom is 0.122 e. The number of rotatable bonds is 7. The predicted molar refractivity (Wildman–Crippen MR) is 74.7 cm³/mol. The summed E-state index contributed by atoms with van der Waals surface area (Å²) in [6, 6.07) is 6.72. The molecule has 19 heavy (non-hydrogen) atoms. The Balaban J connectivity index is 1.90. The minimum absolute atomic E-state index is 0.0882. The summed E-state index contributed by atoms with van der Waals surface area (Å²) < 4.78 is 16.0. The van der Waals surface area contributed by atoms with E-state index in [4.69, 9.17) is 14.2 Å². The maximum absolute atomic E-state index is 5.52. The average Bonchev–Trinajstić information content (AvgIpc) is 2.90. The fraction of sp³-hybridized carbons (Fsp3) is 0.600. The van der Waals surface area contributed by atoms with Gasteiger partial charge in [-0.05, 0) is 24.1 Å². The normalized spacial score (nSPS) is 16.8. The van der Waals surface area contributed by atoms with Crippen molar-refractivity contribution < 1.29 is 14.2 Å². The molecule has 0 saturated carbocycles. The molecule has 0 fully saturated rings. The summed E-state index contributed by atoms with van der Waals surface area (Å²) in [4.78, 5) is 0. The molecule has 0 spiro atoms. The molecule has 1 aliphatic heterocycles. The van der Waals surface area contributed by atoms with Gasteiger partial charge in [0.15, 0.2) is 0 Å². The lowest BCUT2D eigenvalue weighted by atomic mass is 10.0. The quantitative estimate of drug-likeness (QED) is 0.818. The number of nitrogens with one attached hydrogen (secondary N) is 1. The van der Waals surface area contributed by atoms with E-state index in [1.807, 2.05) is 0 Å². The predicted octanol–water partition coefficient (Wildman–Crippen LogP) is 1.93. The molecule has 1 aromatic carbocycles. The number of hydrogen-bond acceptors (Lipinski definition) is 4. The van der Waals surface area contributed by atoms with Crippen molar-refractivity contribution in [3.8, 4) is 5.75 Å². The number of fused-ring (bicyclic) bond motifs is 1. The molecule has 2 rings (SSSR count). The van der Waals surface area contributed by atoms with E-state index < -0.39 is 0 Å². The molecule has 4 heteroatoms. The molecule has 0 aromatic heterocycles. The smallest absolute Gasteiger partial charge is 0.122 e. The van der Waals surface area contributed by atoms with E-state index in [1.54, 1.807) is 14.2 Å². The van der Waals surface area contributed by atoms with Gasteiger partial charge in [-0.15, -0.1) is 0 Å². The first-order chi connectivity index (χ1) is 9.24. The van der Waals surface area contributed by atoms with Crippen molar-refractivity contribution in [2.24, 2.45) is 0 Å². The Morgan fingerprint density at radius 3 is 2.95 bits per heavy atom. The topological polar surface area (TPSA) is 39.7 Å². The molecule has 0 amide bonds. The first kappa shape index (κ1) is 14.3. The lowest BCUT2D eigenvalue weighted by Gasteiger charge is -2.20. The third-order valence-electron chi connectivity index (χ3n) is 3.55. The van der Waals surface area contributed by atoms with E-state index in [0.29, 0.717) is 12.6 Å². The summed E-state index contributed by atoms with van der Waals surface area (Å²) in [6.07, 6.45) is 1.10. The van der Waals surface area contributed by atoms with Crippen molar-refractivity contribution in [3.63, 3.8) is 0 Å². The first-order valence-electron chi connectivity index (χ1n) is 6.75. The van der Waals surface area contributed by atoms with Crippen LogP contribution in [0.3, 0.4) is 0 Å². The molecule has 0 saturated heterocycles. The van der Waals surface area contributed by atoms with Crippen LogP contribution in [0.15, 0.2) is 18.2 Å². The molecule has 0 bridgehead atoms. The van der Waals surface area contributed by atoms with Crippen molar-refractivity contribution in [3.05, 3.63) is 29.3 Å². The van der Waals surface area contributed by atoms with Crippen LogP contribution in [0.1, 0.15) is 24.1 Å². The minimum Gasteiger partial charge on any atom is -0.493 e. The molecule has 1 aliphatic rings. The van der Waals surface area contributed by atoms with Crippen LogP contribution in [0, 0.1) is 0 Å². The fourth-order valence-corrected chi connectivity index (χ4v) is 2.30. The zero-order chi connectivity index (χ0) is 13.7. The standard InChI is InChI=1S/C15H23NO3/c1-11(16-9-14(18-3)10-17-2)12-4-5-15-13(8-12)6-7-19-15/h4-5,8,11,14,16H,6-7,9-10H2,1-3H3.